The largest absolute Gasteiger partial charge is 0.313 e. The van der Waals surface area contributed by atoms with E-state index in [-0.39, 0.29) is 0 Å². The Balaban J connectivity index is 1.60. The molecule has 1 heterocycles. The summed E-state index contributed by atoms with van der Waals surface area (Å²) in [7, 11) is 0. The van der Waals surface area contributed by atoms with Crippen LogP contribution in [0.2, 0.25) is 0 Å². The van der Waals surface area contributed by atoms with Gasteiger partial charge in [-0.2, -0.15) is 0 Å². The van der Waals surface area contributed by atoms with Crippen molar-refractivity contribution in [2.75, 3.05) is 26.2 Å². The fraction of sp³-hybridized carbons (Fsp3) is 1.00. The summed E-state index contributed by atoms with van der Waals surface area (Å²) >= 11 is 0. The summed E-state index contributed by atoms with van der Waals surface area (Å²) in [6.07, 6.45) is 9.80. The number of hydrogen-bond donors (Lipinski definition) is 1. The fourth-order valence-corrected chi connectivity index (χ4v) is 3.59. The number of likely N-dealkylation sites (tertiary alicyclic amines) is 1. The molecule has 1 N–H and O–H groups in total. The van der Waals surface area contributed by atoms with Gasteiger partial charge in [-0.15, -0.1) is 0 Å². The summed E-state index contributed by atoms with van der Waals surface area (Å²) in [5, 5.41) is 3.79. The van der Waals surface area contributed by atoms with Gasteiger partial charge in [-0.1, -0.05) is 20.8 Å². The van der Waals surface area contributed by atoms with Crippen molar-refractivity contribution in [3.63, 3.8) is 0 Å². The van der Waals surface area contributed by atoms with E-state index in [1.807, 2.05) is 0 Å². The average molecular weight is 266 g/mol. The molecule has 2 aliphatic rings. The third-order valence-corrected chi connectivity index (χ3v) is 5.31. The summed E-state index contributed by atoms with van der Waals surface area (Å²) < 4.78 is 0. The second kappa shape index (κ2) is 7.08. The van der Waals surface area contributed by atoms with Crippen molar-refractivity contribution < 1.29 is 0 Å². The topological polar surface area (TPSA) is 15.3 Å². The van der Waals surface area contributed by atoms with Crippen LogP contribution in [0.3, 0.4) is 0 Å². The van der Waals surface area contributed by atoms with Gasteiger partial charge in [0.1, 0.15) is 0 Å². The van der Waals surface area contributed by atoms with Crippen molar-refractivity contribution in [3.05, 3.63) is 0 Å². The van der Waals surface area contributed by atoms with Gasteiger partial charge in [0.25, 0.3) is 0 Å². The Morgan fingerprint density at radius 3 is 2.53 bits per heavy atom. The maximum atomic E-state index is 3.79. The van der Waals surface area contributed by atoms with E-state index in [9.17, 15) is 0 Å². The van der Waals surface area contributed by atoms with Crippen LogP contribution < -0.4 is 5.32 Å². The van der Waals surface area contributed by atoms with Crippen molar-refractivity contribution >= 4 is 0 Å². The second-order valence-corrected chi connectivity index (χ2v) is 7.77. The molecule has 1 aliphatic carbocycles. The first kappa shape index (κ1) is 15.3. The van der Waals surface area contributed by atoms with Crippen LogP contribution in [0.5, 0.6) is 0 Å². The summed E-state index contributed by atoms with van der Waals surface area (Å²) in [5.41, 5.74) is 0.571. The Bertz CT molecular complexity index is 254. The molecule has 112 valence electrons. The second-order valence-electron chi connectivity index (χ2n) is 7.77. The Morgan fingerprint density at radius 1 is 1.05 bits per heavy atom. The highest BCUT2D eigenvalue weighted by molar-refractivity contribution is 4.78. The normalized spacial score (nSPS) is 33.0. The highest BCUT2D eigenvalue weighted by Crippen LogP contribution is 2.29. The van der Waals surface area contributed by atoms with Gasteiger partial charge in [-0.05, 0) is 69.4 Å². The molecule has 1 aliphatic heterocycles. The maximum absolute atomic E-state index is 3.79. The van der Waals surface area contributed by atoms with Gasteiger partial charge >= 0.3 is 0 Å². The summed E-state index contributed by atoms with van der Waals surface area (Å²) in [6.45, 7) is 12.3. The van der Waals surface area contributed by atoms with E-state index < -0.39 is 0 Å². The smallest absolute Gasteiger partial charge is 0.0107 e. The summed E-state index contributed by atoms with van der Waals surface area (Å²) in [4.78, 5) is 2.67. The Hall–Kier alpha value is -0.0800. The first-order valence-corrected chi connectivity index (χ1v) is 8.51. The van der Waals surface area contributed by atoms with E-state index in [4.69, 9.17) is 0 Å². The number of nitrogens with one attached hydrogen (secondary N) is 1. The van der Waals surface area contributed by atoms with Gasteiger partial charge in [0, 0.05) is 19.1 Å². The van der Waals surface area contributed by atoms with Gasteiger partial charge < -0.3 is 10.2 Å². The molecule has 0 radical (unpaired) electrons. The summed E-state index contributed by atoms with van der Waals surface area (Å²) in [6, 6.07) is 0.805. The molecular formula is C17H34N2. The van der Waals surface area contributed by atoms with E-state index >= 15 is 0 Å². The van der Waals surface area contributed by atoms with Gasteiger partial charge in [0.2, 0.25) is 0 Å². The predicted octanol–water partition coefficient (Wildman–Crippen LogP) is 3.67. The molecule has 2 heteroatoms. The molecule has 1 saturated heterocycles. The zero-order chi connectivity index (χ0) is 13.7. The predicted molar refractivity (Wildman–Crippen MR) is 83.5 cm³/mol. The molecule has 0 aromatic rings. The van der Waals surface area contributed by atoms with Crippen LogP contribution in [0.25, 0.3) is 0 Å². The third kappa shape index (κ3) is 5.43. The minimum Gasteiger partial charge on any atom is -0.313 e. The first-order chi connectivity index (χ1) is 9.05. The van der Waals surface area contributed by atoms with Crippen molar-refractivity contribution in [2.24, 2.45) is 11.3 Å². The van der Waals surface area contributed by atoms with Crippen LogP contribution in [0.4, 0.5) is 0 Å². The van der Waals surface area contributed by atoms with Crippen LogP contribution in [-0.2, 0) is 0 Å². The summed E-state index contributed by atoms with van der Waals surface area (Å²) in [5.74, 6) is 0.964. The minimum atomic E-state index is 0.571. The van der Waals surface area contributed by atoms with Crippen molar-refractivity contribution in [1.82, 2.24) is 10.2 Å². The molecule has 2 fully saturated rings. The molecule has 0 bridgehead atoms. The number of rotatable bonds is 4. The molecule has 0 aromatic heterocycles. The van der Waals surface area contributed by atoms with Gasteiger partial charge in [-0.25, -0.2) is 0 Å². The molecule has 0 amide bonds. The molecular weight excluding hydrogens is 232 g/mol. The lowest BCUT2D eigenvalue weighted by molar-refractivity contribution is 0.247. The molecule has 2 nitrogen and oxygen atoms in total. The van der Waals surface area contributed by atoms with Gasteiger partial charge in [0.15, 0.2) is 0 Å². The highest BCUT2D eigenvalue weighted by Gasteiger charge is 2.23. The van der Waals surface area contributed by atoms with Crippen LogP contribution in [-0.4, -0.2) is 37.1 Å². The van der Waals surface area contributed by atoms with Crippen LogP contribution in [0, 0.1) is 11.3 Å². The molecule has 0 aromatic carbocycles. The molecule has 1 saturated carbocycles. The van der Waals surface area contributed by atoms with Crippen molar-refractivity contribution in [3.8, 4) is 0 Å². The number of nitrogens with zero attached hydrogens (tertiary/aromatic N) is 1. The zero-order valence-electron chi connectivity index (χ0n) is 13.4. The van der Waals surface area contributed by atoms with Crippen LogP contribution in [0.15, 0.2) is 0 Å². The average Bonchev–Trinajstić information content (AvgIpc) is 2.53. The SMILES string of the molecule is CC1CCC(NCCN2CCCC(C)(C)CC2)CC1. The third-order valence-electron chi connectivity index (χ3n) is 5.31. The lowest BCUT2D eigenvalue weighted by Crippen LogP contribution is -2.39. The van der Waals surface area contributed by atoms with E-state index in [0.29, 0.717) is 5.41 Å². The fourth-order valence-electron chi connectivity index (χ4n) is 3.59. The van der Waals surface area contributed by atoms with Gasteiger partial charge in [-0.3, -0.25) is 0 Å². The van der Waals surface area contributed by atoms with E-state index in [1.165, 1.54) is 71.1 Å². The lowest BCUT2D eigenvalue weighted by Gasteiger charge is -2.28. The molecule has 2 rings (SSSR count). The van der Waals surface area contributed by atoms with Gasteiger partial charge in [0.05, 0.1) is 0 Å². The quantitative estimate of drug-likeness (QED) is 0.835. The highest BCUT2D eigenvalue weighted by atomic mass is 15.1. The van der Waals surface area contributed by atoms with Crippen LogP contribution in [0.1, 0.15) is 65.7 Å². The molecule has 0 spiro atoms. The molecule has 0 atom stereocenters. The Morgan fingerprint density at radius 2 is 1.79 bits per heavy atom. The maximum Gasteiger partial charge on any atom is 0.0107 e. The standard InChI is InChI=1S/C17H34N2/c1-15-5-7-16(8-6-15)18-11-14-19-12-4-9-17(2,3)10-13-19/h15-16,18H,4-14H2,1-3H3. The van der Waals surface area contributed by atoms with E-state index in [0.717, 1.165) is 12.0 Å². The van der Waals surface area contributed by atoms with Crippen molar-refractivity contribution in [2.45, 2.75) is 71.8 Å². The lowest BCUT2D eigenvalue weighted by atomic mass is 9.85. The number of hydrogen-bond acceptors (Lipinski definition) is 2. The molecule has 19 heavy (non-hydrogen) atoms. The molecule has 0 unspecified atom stereocenters. The van der Waals surface area contributed by atoms with Crippen LogP contribution >= 0.6 is 0 Å². The van der Waals surface area contributed by atoms with Crippen molar-refractivity contribution in [1.29, 1.82) is 0 Å². The minimum absolute atomic E-state index is 0.571. The van der Waals surface area contributed by atoms with E-state index in [2.05, 4.69) is 31.0 Å². The zero-order valence-corrected chi connectivity index (χ0v) is 13.4. The Kier molecular flexibility index (Phi) is 5.70. The van der Waals surface area contributed by atoms with E-state index in [1.54, 1.807) is 0 Å². The monoisotopic (exact) mass is 266 g/mol. The Labute approximate surface area is 120 Å². The first-order valence-electron chi connectivity index (χ1n) is 8.51.